The lowest BCUT2D eigenvalue weighted by atomic mass is 9.66. The third-order valence-electron chi connectivity index (χ3n) is 6.93. The molecule has 0 aromatic carbocycles. The van der Waals surface area contributed by atoms with E-state index >= 15 is 0 Å². The second kappa shape index (κ2) is 3.77. The van der Waals surface area contributed by atoms with Crippen LogP contribution in [0.3, 0.4) is 0 Å². The quantitative estimate of drug-likeness (QED) is 0.635. The Morgan fingerprint density at radius 3 is 2.67 bits per heavy atom. The van der Waals surface area contributed by atoms with Crippen LogP contribution in [0.15, 0.2) is 23.3 Å². The maximum Gasteiger partial charge on any atom is 0.156 e. The Morgan fingerprint density at radius 1 is 1.24 bits per heavy atom. The Balaban J connectivity index is 1.91. The molecule has 2 saturated carbocycles. The second-order valence-corrected chi connectivity index (χ2v) is 8.44. The van der Waals surface area contributed by atoms with E-state index in [0.29, 0.717) is 30.0 Å². The van der Waals surface area contributed by atoms with E-state index in [9.17, 15) is 9.59 Å². The lowest BCUT2D eigenvalue weighted by Crippen LogP contribution is -2.39. The van der Waals surface area contributed by atoms with E-state index in [1.54, 1.807) is 0 Å². The standard InChI is InChI=1S/C19H24O2/c1-10-5-12-7-13(20)8-14-16-15(18(16,3)4)6-11(2)19(12,9-10)17(14)21/h7,9,11,14-16H,5-6,8H2,1-4H3/t11-,14+,15-,16+,19-/m1/s1. The molecule has 0 amide bonds. The SMILES string of the molecule is CC1=C[C@]23C(=O)[C@@H](CC(=O)C=C2C1)[C@H]1[C@@H](C[C@H]3C)C1(C)C. The molecule has 2 fully saturated rings. The molecule has 4 aliphatic carbocycles. The Labute approximate surface area is 126 Å². The number of carbonyl (C=O) groups excluding carboxylic acids is 2. The van der Waals surface area contributed by atoms with Crippen LogP contribution in [-0.2, 0) is 9.59 Å². The van der Waals surface area contributed by atoms with Crippen molar-refractivity contribution in [3.8, 4) is 0 Å². The van der Waals surface area contributed by atoms with Gasteiger partial charge < -0.3 is 0 Å². The molecule has 21 heavy (non-hydrogen) atoms. The molecular weight excluding hydrogens is 260 g/mol. The van der Waals surface area contributed by atoms with Gasteiger partial charge in [0.15, 0.2) is 11.6 Å². The Kier molecular flexibility index (Phi) is 2.42. The van der Waals surface area contributed by atoms with Gasteiger partial charge in [0.25, 0.3) is 0 Å². The minimum Gasteiger partial charge on any atom is -0.298 e. The predicted octanol–water partition coefficient (Wildman–Crippen LogP) is 3.72. The van der Waals surface area contributed by atoms with Crippen LogP contribution in [-0.4, -0.2) is 11.6 Å². The number of hydrogen-bond donors (Lipinski definition) is 0. The van der Waals surface area contributed by atoms with Crippen molar-refractivity contribution in [3.05, 3.63) is 23.3 Å². The molecule has 0 N–H and O–H groups in total. The average molecular weight is 284 g/mol. The van der Waals surface area contributed by atoms with Crippen LogP contribution >= 0.6 is 0 Å². The molecule has 5 atom stereocenters. The fraction of sp³-hybridized carbons (Fsp3) is 0.684. The van der Waals surface area contributed by atoms with Crippen molar-refractivity contribution >= 4 is 11.6 Å². The maximum absolute atomic E-state index is 13.4. The number of Topliss-reactive ketones (excluding diaryl/α,β-unsaturated/α-hetero) is 1. The molecule has 0 heterocycles. The van der Waals surface area contributed by atoms with E-state index in [1.165, 1.54) is 5.57 Å². The summed E-state index contributed by atoms with van der Waals surface area (Å²) in [5, 5.41) is 0. The largest absolute Gasteiger partial charge is 0.298 e. The van der Waals surface area contributed by atoms with Gasteiger partial charge in [-0.3, -0.25) is 9.59 Å². The lowest BCUT2D eigenvalue weighted by Gasteiger charge is -2.35. The third kappa shape index (κ3) is 1.49. The van der Waals surface area contributed by atoms with Crippen LogP contribution in [0.25, 0.3) is 0 Å². The van der Waals surface area contributed by atoms with Crippen LogP contribution in [0.5, 0.6) is 0 Å². The van der Waals surface area contributed by atoms with Gasteiger partial charge in [-0.15, -0.1) is 0 Å². The van der Waals surface area contributed by atoms with Crippen LogP contribution in [0.4, 0.5) is 0 Å². The molecule has 0 saturated heterocycles. The first-order valence-corrected chi connectivity index (χ1v) is 8.25. The van der Waals surface area contributed by atoms with Crippen molar-refractivity contribution in [2.45, 2.75) is 47.0 Å². The van der Waals surface area contributed by atoms with E-state index in [2.05, 4.69) is 33.8 Å². The minimum atomic E-state index is -0.454. The topological polar surface area (TPSA) is 34.1 Å². The van der Waals surface area contributed by atoms with E-state index < -0.39 is 5.41 Å². The van der Waals surface area contributed by atoms with Crippen LogP contribution < -0.4 is 0 Å². The zero-order valence-corrected chi connectivity index (χ0v) is 13.4. The van der Waals surface area contributed by atoms with Gasteiger partial charge in [0.1, 0.15) is 0 Å². The number of carbonyl (C=O) groups is 2. The first-order valence-electron chi connectivity index (χ1n) is 8.25. The number of allylic oxidation sites excluding steroid dienone is 4. The first kappa shape index (κ1) is 13.5. The highest BCUT2D eigenvalue weighted by Gasteiger charge is 2.68. The molecule has 0 aromatic heterocycles. The van der Waals surface area contributed by atoms with Gasteiger partial charge in [-0.2, -0.15) is 0 Å². The van der Waals surface area contributed by atoms with E-state index in [1.807, 2.05) is 6.08 Å². The molecule has 0 radical (unpaired) electrons. The van der Waals surface area contributed by atoms with Gasteiger partial charge in [-0.1, -0.05) is 32.4 Å². The summed E-state index contributed by atoms with van der Waals surface area (Å²) >= 11 is 0. The molecule has 0 unspecified atom stereocenters. The minimum absolute atomic E-state index is 0.0571. The lowest BCUT2D eigenvalue weighted by molar-refractivity contribution is -0.132. The van der Waals surface area contributed by atoms with E-state index in [0.717, 1.165) is 18.4 Å². The number of hydrogen-bond acceptors (Lipinski definition) is 2. The fourth-order valence-electron chi connectivity index (χ4n) is 5.84. The van der Waals surface area contributed by atoms with Crippen molar-refractivity contribution in [2.75, 3.05) is 0 Å². The molecular formula is C19H24O2. The van der Waals surface area contributed by atoms with Gasteiger partial charge in [0.05, 0.1) is 5.41 Å². The summed E-state index contributed by atoms with van der Waals surface area (Å²) in [4.78, 5) is 25.8. The van der Waals surface area contributed by atoms with Crippen molar-refractivity contribution in [3.63, 3.8) is 0 Å². The van der Waals surface area contributed by atoms with Gasteiger partial charge in [0, 0.05) is 12.3 Å². The summed E-state index contributed by atoms with van der Waals surface area (Å²) in [6.07, 6.45) is 6.39. The summed E-state index contributed by atoms with van der Waals surface area (Å²) in [7, 11) is 0. The highest BCUT2D eigenvalue weighted by Crippen LogP contribution is 2.70. The van der Waals surface area contributed by atoms with Gasteiger partial charge in [0.2, 0.25) is 0 Å². The Morgan fingerprint density at radius 2 is 1.95 bits per heavy atom. The van der Waals surface area contributed by atoms with Crippen molar-refractivity contribution in [1.29, 1.82) is 0 Å². The Bertz CT molecular complexity index is 621. The van der Waals surface area contributed by atoms with Crippen LogP contribution in [0.2, 0.25) is 0 Å². The number of fused-ring (bicyclic) bond motifs is 3. The molecule has 2 bridgehead atoms. The van der Waals surface area contributed by atoms with Gasteiger partial charge >= 0.3 is 0 Å². The zero-order valence-electron chi connectivity index (χ0n) is 13.4. The molecule has 0 aromatic rings. The molecule has 112 valence electrons. The summed E-state index contributed by atoms with van der Waals surface area (Å²) in [6, 6.07) is 0. The van der Waals surface area contributed by atoms with Crippen molar-refractivity contribution in [2.24, 2.45) is 34.5 Å². The normalized spacial score (nSPS) is 46.9. The van der Waals surface area contributed by atoms with Crippen molar-refractivity contribution in [1.82, 2.24) is 0 Å². The molecule has 0 aliphatic heterocycles. The monoisotopic (exact) mass is 284 g/mol. The van der Waals surface area contributed by atoms with Crippen molar-refractivity contribution < 1.29 is 9.59 Å². The zero-order chi connectivity index (χ0) is 15.2. The summed E-state index contributed by atoms with van der Waals surface area (Å²) < 4.78 is 0. The predicted molar refractivity (Wildman–Crippen MR) is 81.6 cm³/mol. The highest BCUT2D eigenvalue weighted by molar-refractivity contribution is 6.03. The molecule has 4 rings (SSSR count). The molecule has 2 heteroatoms. The highest BCUT2D eigenvalue weighted by atomic mass is 16.1. The molecule has 1 spiro atoms. The summed E-state index contributed by atoms with van der Waals surface area (Å²) in [5.74, 6) is 1.81. The molecule has 4 aliphatic rings. The fourth-order valence-corrected chi connectivity index (χ4v) is 5.84. The van der Waals surface area contributed by atoms with E-state index in [-0.39, 0.29) is 17.1 Å². The number of rotatable bonds is 0. The second-order valence-electron chi connectivity index (χ2n) is 8.44. The third-order valence-corrected chi connectivity index (χ3v) is 6.93. The summed E-state index contributed by atoms with van der Waals surface area (Å²) in [6.45, 7) is 8.88. The molecule has 2 nitrogen and oxygen atoms in total. The van der Waals surface area contributed by atoms with Crippen LogP contribution in [0.1, 0.15) is 47.0 Å². The first-order chi connectivity index (χ1) is 9.78. The maximum atomic E-state index is 13.4. The number of ketones is 2. The summed E-state index contributed by atoms with van der Waals surface area (Å²) in [5.41, 5.74) is 2.12. The smallest absolute Gasteiger partial charge is 0.156 e. The van der Waals surface area contributed by atoms with E-state index in [4.69, 9.17) is 0 Å². The van der Waals surface area contributed by atoms with Gasteiger partial charge in [-0.25, -0.2) is 0 Å². The Hall–Kier alpha value is -1.18. The van der Waals surface area contributed by atoms with Gasteiger partial charge in [-0.05, 0) is 54.6 Å². The van der Waals surface area contributed by atoms with Crippen LogP contribution in [0, 0.1) is 34.5 Å². The average Bonchev–Trinajstić information content (AvgIpc) is 2.80.